The zero-order valence-electron chi connectivity index (χ0n) is 16.8. The highest BCUT2D eigenvalue weighted by molar-refractivity contribution is 6.06. The largest absolute Gasteiger partial charge is 0.444 e. The molecule has 0 spiro atoms. The lowest BCUT2D eigenvalue weighted by molar-refractivity contribution is 0.0502. The van der Waals surface area contributed by atoms with E-state index in [1.807, 2.05) is 69.8 Å². The van der Waals surface area contributed by atoms with E-state index in [2.05, 4.69) is 10.6 Å². The van der Waals surface area contributed by atoms with Crippen LogP contribution in [-0.4, -0.2) is 34.3 Å². The van der Waals surface area contributed by atoms with Crippen molar-refractivity contribution in [3.63, 3.8) is 0 Å². The highest BCUT2D eigenvalue weighted by atomic mass is 16.6. The molecule has 0 radical (unpaired) electrons. The number of alkyl carbamates (subject to hydrolysis) is 1. The van der Waals surface area contributed by atoms with Crippen molar-refractivity contribution >= 4 is 22.9 Å². The van der Waals surface area contributed by atoms with Gasteiger partial charge in [-0.15, -0.1) is 0 Å². The number of hydrogen-bond donors (Lipinski definition) is 2. The van der Waals surface area contributed by atoms with Crippen LogP contribution in [0.15, 0.2) is 30.5 Å². The summed E-state index contributed by atoms with van der Waals surface area (Å²) in [6.45, 7) is 7.81. The van der Waals surface area contributed by atoms with Crippen molar-refractivity contribution in [2.24, 2.45) is 13.0 Å². The van der Waals surface area contributed by atoms with E-state index in [4.69, 9.17) is 4.74 Å². The van der Waals surface area contributed by atoms with Crippen LogP contribution in [0, 0.1) is 5.92 Å². The molecule has 146 valence electrons. The first-order chi connectivity index (χ1) is 12.6. The number of fused-ring (bicyclic) bond motifs is 1. The van der Waals surface area contributed by atoms with Gasteiger partial charge in [0.25, 0.3) is 5.91 Å². The molecule has 1 aromatic heterocycles. The van der Waals surface area contributed by atoms with Crippen molar-refractivity contribution in [3.05, 3.63) is 36.0 Å². The van der Waals surface area contributed by atoms with Gasteiger partial charge in [-0.25, -0.2) is 4.79 Å². The average Bonchev–Trinajstić information content (AvgIpc) is 3.36. The number of nitrogens with zero attached hydrogens (tertiary/aromatic N) is 1. The highest BCUT2D eigenvalue weighted by Gasteiger charge is 2.43. The molecule has 1 heterocycles. The van der Waals surface area contributed by atoms with E-state index in [0.717, 1.165) is 23.7 Å². The normalized spacial score (nSPS) is 16.6. The summed E-state index contributed by atoms with van der Waals surface area (Å²) < 4.78 is 7.31. The van der Waals surface area contributed by atoms with Crippen LogP contribution in [0.2, 0.25) is 0 Å². The summed E-state index contributed by atoms with van der Waals surface area (Å²) in [5.41, 5.74) is 0.608. The van der Waals surface area contributed by atoms with Gasteiger partial charge in [-0.1, -0.05) is 6.07 Å². The second kappa shape index (κ2) is 6.91. The number of hydrogen-bond acceptors (Lipinski definition) is 3. The van der Waals surface area contributed by atoms with Crippen molar-refractivity contribution in [3.8, 4) is 0 Å². The molecule has 1 saturated carbocycles. The average molecular weight is 371 g/mol. The van der Waals surface area contributed by atoms with Crippen molar-refractivity contribution in [2.45, 2.75) is 51.7 Å². The van der Waals surface area contributed by atoms with E-state index in [1.54, 1.807) is 0 Å². The van der Waals surface area contributed by atoms with E-state index < -0.39 is 17.2 Å². The molecular weight excluding hydrogens is 342 g/mol. The molecule has 6 heteroatoms. The zero-order valence-corrected chi connectivity index (χ0v) is 16.8. The van der Waals surface area contributed by atoms with Crippen LogP contribution in [0.25, 0.3) is 10.9 Å². The van der Waals surface area contributed by atoms with Gasteiger partial charge in [0, 0.05) is 36.3 Å². The van der Waals surface area contributed by atoms with Crippen molar-refractivity contribution < 1.29 is 14.3 Å². The summed E-state index contributed by atoms with van der Waals surface area (Å²) >= 11 is 0. The molecule has 6 nitrogen and oxygen atoms in total. The van der Waals surface area contributed by atoms with Gasteiger partial charge >= 0.3 is 6.09 Å². The van der Waals surface area contributed by atoms with Crippen LogP contribution >= 0.6 is 0 Å². The molecule has 1 atom stereocenters. The van der Waals surface area contributed by atoms with E-state index in [1.165, 1.54) is 0 Å². The number of aromatic nitrogens is 1. The zero-order chi connectivity index (χ0) is 19.8. The fourth-order valence-corrected chi connectivity index (χ4v) is 3.41. The van der Waals surface area contributed by atoms with Crippen LogP contribution in [0.5, 0.6) is 0 Å². The number of rotatable bonds is 5. The molecule has 0 aliphatic heterocycles. The fraction of sp³-hybridized carbons (Fsp3) is 0.524. The third-order valence-electron chi connectivity index (χ3n) is 5.05. The molecule has 0 saturated heterocycles. The lowest BCUT2D eigenvalue weighted by Crippen LogP contribution is -2.55. The first-order valence-corrected chi connectivity index (χ1v) is 9.42. The Morgan fingerprint density at radius 2 is 1.89 bits per heavy atom. The van der Waals surface area contributed by atoms with Crippen LogP contribution in [0.3, 0.4) is 0 Å². The van der Waals surface area contributed by atoms with Crippen molar-refractivity contribution in [1.82, 2.24) is 15.2 Å². The Hall–Kier alpha value is -2.50. The molecule has 1 aliphatic rings. The minimum Gasteiger partial charge on any atom is -0.444 e. The molecule has 1 fully saturated rings. The third kappa shape index (κ3) is 4.43. The van der Waals surface area contributed by atoms with Crippen molar-refractivity contribution in [2.75, 3.05) is 6.54 Å². The van der Waals surface area contributed by atoms with E-state index in [0.29, 0.717) is 18.0 Å². The van der Waals surface area contributed by atoms with Gasteiger partial charge in [0.2, 0.25) is 0 Å². The smallest absolute Gasteiger partial charge is 0.407 e. The van der Waals surface area contributed by atoms with Crippen LogP contribution in [-0.2, 0) is 11.8 Å². The van der Waals surface area contributed by atoms with Gasteiger partial charge < -0.3 is 19.9 Å². The maximum absolute atomic E-state index is 13.0. The Bertz CT molecular complexity index is 861. The summed E-state index contributed by atoms with van der Waals surface area (Å²) in [6.07, 6.45) is 3.57. The van der Waals surface area contributed by atoms with Crippen LogP contribution < -0.4 is 10.6 Å². The summed E-state index contributed by atoms with van der Waals surface area (Å²) in [5.74, 6) is 0.235. The molecule has 3 rings (SSSR count). The monoisotopic (exact) mass is 371 g/mol. The molecule has 2 aromatic rings. The minimum atomic E-state index is -0.549. The minimum absolute atomic E-state index is 0.118. The fourth-order valence-electron chi connectivity index (χ4n) is 3.41. The lowest BCUT2D eigenvalue weighted by atomic mass is 9.94. The summed E-state index contributed by atoms with van der Waals surface area (Å²) in [4.78, 5) is 25.1. The molecule has 1 aliphatic carbocycles. The van der Waals surface area contributed by atoms with Crippen LogP contribution in [0.1, 0.15) is 50.9 Å². The summed E-state index contributed by atoms with van der Waals surface area (Å²) in [6, 6.07) is 7.69. The SMILES string of the molecule is Cn1ccc2c(C(=O)NC(C)(CNC(=O)OC(C)(C)C)C3CC3)cccc21. The Morgan fingerprint density at radius 1 is 1.19 bits per heavy atom. The third-order valence-corrected chi connectivity index (χ3v) is 5.05. The first kappa shape index (κ1) is 19.3. The van der Waals surface area contributed by atoms with Crippen molar-refractivity contribution in [1.29, 1.82) is 0 Å². The first-order valence-electron chi connectivity index (χ1n) is 9.42. The lowest BCUT2D eigenvalue weighted by Gasteiger charge is -2.32. The number of ether oxygens (including phenoxy) is 1. The number of nitrogens with one attached hydrogen (secondary N) is 2. The predicted molar refractivity (Wildman–Crippen MR) is 106 cm³/mol. The summed E-state index contributed by atoms with van der Waals surface area (Å²) in [5, 5.41) is 6.92. The number of benzene rings is 1. The molecule has 0 bridgehead atoms. The number of aryl methyl sites for hydroxylation is 1. The quantitative estimate of drug-likeness (QED) is 0.843. The van der Waals surface area contributed by atoms with Gasteiger partial charge in [0.05, 0.1) is 5.54 Å². The highest BCUT2D eigenvalue weighted by Crippen LogP contribution is 2.39. The van der Waals surface area contributed by atoms with Gasteiger partial charge in [-0.3, -0.25) is 4.79 Å². The Balaban J connectivity index is 1.73. The van der Waals surface area contributed by atoms with Crippen LogP contribution in [0.4, 0.5) is 4.79 Å². The van der Waals surface area contributed by atoms with Gasteiger partial charge in [0.1, 0.15) is 5.60 Å². The Labute approximate surface area is 160 Å². The second-order valence-corrected chi connectivity index (χ2v) is 8.67. The van der Waals surface area contributed by atoms with Gasteiger partial charge in [-0.2, -0.15) is 0 Å². The maximum Gasteiger partial charge on any atom is 0.407 e. The predicted octanol–water partition coefficient (Wildman–Crippen LogP) is 3.60. The number of amides is 2. The Morgan fingerprint density at radius 3 is 2.52 bits per heavy atom. The van der Waals surface area contributed by atoms with Gasteiger partial charge in [0.15, 0.2) is 0 Å². The molecular formula is C21H29N3O3. The molecule has 1 unspecified atom stereocenters. The standard InChI is InChI=1S/C21H29N3O3/c1-20(2,3)27-19(26)22-13-21(4,14-9-10-14)23-18(25)16-7-6-8-17-15(16)11-12-24(17)5/h6-8,11-12,14H,9-10,13H2,1-5H3,(H,22,26)(H,23,25). The van der Waals surface area contributed by atoms with Gasteiger partial charge in [-0.05, 0) is 64.7 Å². The molecule has 27 heavy (non-hydrogen) atoms. The van der Waals surface area contributed by atoms with E-state index in [9.17, 15) is 9.59 Å². The summed E-state index contributed by atoms with van der Waals surface area (Å²) in [7, 11) is 1.96. The number of carbonyl (C=O) groups is 2. The van der Waals surface area contributed by atoms with E-state index in [-0.39, 0.29) is 5.91 Å². The second-order valence-electron chi connectivity index (χ2n) is 8.67. The number of carbonyl (C=O) groups excluding carboxylic acids is 2. The molecule has 2 N–H and O–H groups in total. The molecule has 1 aromatic carbocycles. The Kier molecular flexibility index (Phi) is 4.93. The van der Waals surface area contributed by atoms with E-state index >= 15 is 0 Å². The topological polar surface area (TPSA) is 72.4 Å². The maximum atomic E-state index is 13.0. The molecule has 2 amide bonds.